The van der Waals surface area contributed by atoms with E-state index >= 15 is 0 Å². The second kappa shape index (κ2) is 6.86. The Bertz CT molecular complexity index is 481. The minimum Gasteiger partial charge on any atom is -0.465 e. The zero-order chi connectivity index (χ0) is 14.6. The second-order valence-electron chi connectivity index (χ2n) is 4.44. The maximum absolute atomic E-state index is 11.9. The zero-order valence-corrected chi connectivity index (χ0v) is 13.6. The van der Waals surface area contributed by atoms with Crippen LogP contribution in [0.15, 0.2) is 0 Å². The highest BCUT2D eigenvalue weighted by molar-refractivity contribution is 7.80. The number of hydrogen-bond acceptors (Lipinski definition) is 4. The molecule has 0 unspecified atom stereocenters. The van der Waals surface area contributed by atoms with Crippen LogP contribution in [0.5, 0.6) is 0 Å². The molecule has 1 rings (SSSR count). The lowest BCUT2D eigenvalue weighted by atomic mass is 10.1. The first kappa shape index (κ1) is 15.9. The number of thiophene rings is 1. The van der Waals surface area contributed by atoms with E-state index in [0.717, 1.165) is 21.9 Å². The van der Waals surface area contributed by atoms with Crippen LogP contribution in [-0.4, -0.2) is 24.2 Å². The standard InChI is InChI=1S/C13H20N2O2S2/c1-6-9-8(4)19-11(10(9)12(16)17-5)15-13(18)14-7(2)3/h7H,6H2,1-5H3,(H2,14,15,18). The first-order valence-corrected chi connectivity index (χ1v) is 7.41. The van der Waals surface area contributed by atoms with Crippen molar-refractivity contribution < 1.29 is 9.53 Å². The van der Waals surface area contributed by atoms with Crippen LogP contribution in [0.2, 0.25) is 0 Å². The monoisotopic (exact) mass is 300 g/mol. The predicted octanol–water partition coefficient (Wildman–Crippen LogP) is 3.10. The van der Waals surface area contributed by atoms with Crippen molar-refractivity contribution in [3.8, 4) is 0 Å². The molecule has 0 bridgehead atoms. The van der Waals surface area contributed by atoms with E-state index < -0.39 is 0 Å². The lowest BCUT2D eigenvalue weighted by Gasteiger charge is -2.13. The van der Waals surface area contributed by atoms with Gasteiger partial charge in [-0.3, -0.25) is 0 Å². The Morgan fingerprint density at radius 3 is 2.58 bits per heavy atom. The van der Waals surface area contributed by atoms with Gasteiger partial charge in [0, 0.05) is 10.9 Å². The predicted molar refractivity (Wildman–Crippen MR) is 84.3 cm³/mol. The molecule has 1 aromatic heterocycles. The van der Waals surface area contributed by atoms with Crippen molar-refractivity contribution >= 4 is 39.6 Å². The molecule has 106 valence electrons. The third-order valence-corrected chi connectivity index (χ3v) is 3.88. The number of anilines is 1. The molecule has 19 heavy (non-hydrogen) atoms. The van der Waals surface area contributed by atoms with E-state index in [4.69, 9.17) is 17.0 Å². The fourth-order valence-corrected chi connectivity index (χ4v) is 3.35. The quantitative estimate of drug-likeness (QED) is 0.661. The molecule has 0 saturated carbocycles. The van der Waals surface area contributed by atoms with Gasteiger partial charge in [0.15, 0.2) is 5.11 Å². The van der Waals surface area contributed by atoms with Gasteiger partial charge in [-0.25, -0.2) is 4.79 Å². The van der Waals surface area contributed by atoms with Crippen LogP contribution in [0.3, 0.4) is 0 Å². The van der Waals surface area contributed by atoms with E-state index in [9.17, 15) is 4.79 Å². The molecule has 4 nitrogen and oxygen atoms in total. The Morgan fingerprint density at radius 2 is 2.11 bits per heavy atom. The van der Waals surface area contributed by atoms with E-state index in [0.29, 0.717) is 10.7 Å². The SMILES string of the molecule is CCc1c(C)sc(NC(=S)NC(C)C)c1C(=O)OC. The molecule has 0 saturated heterocycles. The van der Waals surface area contributed by atoms with Crippen LogP contribution in [-0.2, 0) is 11.2 Å². The van der Waals surface area contributed by atoms with Gasteiger partial charge in [-0.2, -0.15) is 0 Å². The summed E-state index contributed by atoms with van der Waals surface area (Å²) in [5, 5.41) is 7.45. The molecular formula is C13H20N2O2S2. The number of nitrogens with one attached hydrogen (secondary N) is 2. The molecule has 0 aliphatic carbocycles. The summed E-state index contributed by atoms with van der Waals surface area (Å²) in [6.45, 7) is 8.04. The van der Waals surface area contributed by atoms with Gasteiger partial charge in [-0.1, -0.05) is 6.92 Å². The highest BCUT2D eigenvalue weighted by Gasteiger charge is 2.22. The number of carbonyl (C=O) groups is 1. The topological polar surface area (TPSA) is 50.4 Å². The molecular weight excluding hydrogens is 280 g/mol. The highest BCUT2D eigenvalue weighted by atomic mass is 32.1. The number of hydrogen-bond donors (Lipinski definition) is 2. The summed E-state index contributed by atoms with van der Waals surface area (Å²) in [6, 6.07) is 0.244. The van der Waals surface area contributed by atoms with E-state index in [2.05, 4.69) is 10.6 Å². The summed E-state index contributed by atoms with van der Waals surface area (Å²) < 4.78 is 4.86. The molecule has 1 aromatic rings. The molecule has 2 N–H and O–H groups in total. The van der Waals surface area contributed by atoms with Crippen molar-refractivity contribution in [2.24, 2.45) is 0 Å². The molecule has 6 heteroatoms. The van der Waals surface area contributed by atoms with Gasteiger partial charge in [0.2, 0.25) is 0 Å². The van der Waals surface area contributed by atoms with Gasteiger partial charge in [-0.15, -0.1) is 11.3 Å². The van der Waals surface area contributed by atoms with Crippen molar-refractivity contribution in [3.05, 3.63) is 16.0 Å². The van der Waals surface area contributed by atoms with Crippen LogP contribution in [0.4, 0.5) is 5.00 Å². The molecule has 0 radical (unpaired) electrons. The molecule has 0 spiro atoms. The molecule has 0 aliphatic rings. The Balaban J connectivity index is 3.06. The minimum atomic E-state index is -0.323. The van der Waals surface area contributed by atoms with Crippen LogP contribution in [0.25, 0.3) is 0 Å². The summed E-state index contributed by atoms with van der Waals surface area (Å²) in [5.74, 6) is -0.323. The Morgan fingerprint density at radius 1 is 1.47 bits per heavy atom. The molecule has 0 amide bonds. The first-order valence-electron chi connectivity index (χ1n) is 6.18. The largest absolute Gasteiger partial charge is 0.465 e. The number of rotatable bonds is 4. The number of thiocarbonyl (C=S) groups is 1. The molecule has 0 aromatic carbocycles. The highest BCUT2D eigenvalue weighted by Crippen LogP contribution is 2.33. The summed E-state index contributed by atoms with van der Waals surface area (Å²) in [7, 11) is 1.39. The van der Waals surface area contributed by atoms with Crippen molar-refractivity contribution in [2.75, 3.05) is 12.4 Å². The van der Waals surface area contributed by atoms with Crippen LogP contribution in [0.1, 0.15) is 41.6 Å². The average Bonchev–Trinajstić information content (AvgIpc) is 2.62. The summed E-state index contributed by atoms with van der Waals surface area (Å²) in [6.07, 6.45) is 0.790. The lowest BCUT2D eigenvalue weighted by Crippen LogP contribution is -2.34. The minimum absolute atomic E-state index is 0.244. The molecule has 1 heterocycles. The fraction of sp³-hybridized carbons (Fsp3) is 0.538. The maximum Gasteiger partial charge on any atom is 0.341 e. The van der Waals surface area contributed by atoms with Crippen LogP contribution in [0, 0.1) is 6.92 Å². The van der Waals surface area contributed by atoms with Gasteiger partial charge in [0.25, 0.3) is 0 Å². The molecule has 0 aliphatic heterocycles. The fourth-order valence-electron chi connectivity index (χ4n) is 1.81. The maximum atomic E-state index is 11.9. The second-order valence-corrected chi connectivity index (χ2v) is 6.07. The smallest absolute Gasteiger partial charge is 0.341 e. The number of esters is 1. The molecule has 0 atom stereocenters. The van der Waals surface area contributed by atoms with E-state index in [-0.39, 0.29) is 12.0 Å². The molecule has 0 fully saturated rings. The van der Waals surface area contributed by atoms with Gasteiger partial charge in [0.05, 0.1) is 12.7 Å². The van der Waals surface area contributed by atoms with Crippen molar-refractivity contribution in [1.29, 1.82) is 0 Å². The van der Waals surface area contributed by atoms with E-state index in [1.165, 1.54) is 18.4 Å². The number of ether oxygens (including phenoxy) is 1. The first-order chi connectivity index (χ1) is 8.90. The number of methoxy groups -OCH3 is 1. The Labute approximate surface area is 123 Å². The normalized spacial score (nSPS) is 10.4. The lowest BCUT2D eigenvalue weighted by molar-refractivity contribution is 0.0601. The Kier molecular flexibility index (Phi) is 5.75. The van der Waals surface area contributed by atoms with Crippen molar-refractivity contribution in [2.45, 2.75) is 40.2 Å². The van der Waals surface area contributed by atoms with Gasteiger partial charge < -0.3 is 15.4 Å². The third-order valence-electron chi connectivity index (χ3n) is 2.60. The van der Waals surface area contributed by atoms with Crippen LogP contribution >= 0.6 is 23.6 Å². The summed E-state index contributed by atoms with van der Waals surface area (Å²) in [5.41, 5.74) is 1.62. The van der Waals surface area contributed by atoms with E-state index in [1.807, 2.05) is 27.7 Å². The Hall–Kier alpha value is -1.14. The average molecular weight is 300 g/mol. The van der Waals surface area contributed by atoms with Gasteiger partial charge >= 0.3 is 5.97 Å². The van der Waals surface area contributed by atoms with Crippen LogP contribution < -0.4 is 10.6 Å². The van der Waals surface area contributed by atoms with Gasteiger partial charge in [-0.05, 0) is 45.0 Å². The third kappa shape index (κ3) is 3.91. The van der Waals surface area contributed by atoms with E-state index in [1.54, 1.807) is 0 Å². The van der Waals surface area contributed by atoms with Crippen molar-refractivity contribution in [1.82, 2.24) is 5.32 Å². The summed E-state index contributed by atoms with van der Waals surface area (Å²) in [4.78, 5) is 13.0. The van der Waals surface area contributed by atoms with Gasteiger partial charge in [0.1, 0.15) is 5.00 Å². The zero-order valence-electron chi connectivity index (χ0n) is 11.9. The number of aryl methyl sites for hydroxylation is 1. The van der Waals surface area contributed by atoms with Crippen molar-refractivity contribution in [3.63, 3.8) is 0 Å². The number of carbonyl (C=O) groups excluding carboxylic acids is 1. The summed E-state index contributed by atoms with van der Waals surface area (Å²) >= 11 is 6.74.